The molecule has 31 heavy (non-hydrogen) atoms. The van der Waals surface area contributed by atoms with E-state index in [1.165, 1.54) is 0 Å². The lowest BCUT2D eigenvalue weighted by atomic mass is 10.1. The van der Waals surface area contributed by atoms with Gasteiger partial charge in [-0.1, -0.05) is 6.07 Å². The van der Waals surface area contributed by atoms with Crippen molar-refractivity contribution in [3.63, 3.8) is 0 Å². The number of hydrogen-bond acceptors (Lipinski definition) is 5. The van der Waals surface area contributed by atoms with Crippen molar-refractivity contribution < 1.29 is 9.53 Å². The van der Waals surface area contributed by atoms with E-state index in [-0.39, 0.29) is 42.9 Å². The van der Waals surface area contributed by atoms with E-state index in [1.54, 1.807) is 0 Å². The average Bonchev–Trinajstić information content (AvgIpc) is 2.77. The van der Waals surface area contributed by atoms with Gasteiger partial charge in [-0.25, -0.2) is 0 Å². The number of benzene rings is 1. The molecular weight excluding hydrogens is 435 g/mol. The summed E-state index contributed by atoms with van der Waals surface area (Å²) >= 11 is 0. The number of hydrogen-bond donors (Lipinski definition) is 2. The van der Waals surface area contributed by atoms with Crippen LogP contribution in [-0.2, 0) is 6.54 Å². The van der Waals surface area contributed by atoms with E-state index in [4.69, 9.17) is 4.74 Å². The molecule has 0 radical (unpaired) electrons. The molecule has 2 aliphatic heterocycles. The van der Waals surface area contributed by atoms with E-state index in [2.05, 4.69) is 26.6 Å². The van der Waals surface area contributed by atoms with Crippen molar-refractivity contribution in [2.75, 3.05) is 26.2 Å². The van der Waals surface area contributed by atoms with Crippen molar-refractivity contribution >= 4 is 30.7 Å². The Balaban J connectivity index is 0.00000171. The lowest BCUT2D eigenvalue weighted by Crippen LogP contribution is -2.45. The van der Waals surface area contributed by atoms with Gasteiger partial charge in [0.15, 0.2) is 0 Å². The number of carbonyl (C=O) groups is 1. The van der Waals surface area contributed by atoms with Crippen molar-refractivity contribution in [1.29, 1.82) is 0 Å². The number of nitrogens with one attached hydrogen (secondary N) is 2. The second-order valence-corrected chi connectivity index (χ2v) is 7.96. The van der Waals surface area contributed by atoms with Crippen LogP contribution in [0.25, 0.3) is 0 Å². The van der Waals surface area contributed by atoms with Crippen LogP contribution in [0.15, 0.2) is 48.7 Å². The van der Waals surface area contributed by atoms with Crippen LogP contribution in [0.3, 0.4) is 0 Å². The Labute approximate surface area is 197 Å². The summed E-state index contributed by atoms with van der Waals surface area (Å²) in [5, 5.41) is 6.43. The fourth-order valence-electron chi connectivity index (χ4n) is 4.03. The molecular formula is C23H32Cl2N4O2. The maximum Gasteiger partial charge on any atom is 0.251 e. The molecule has 0 unspecified atom stereocenters. The number of nitrogens with zero attached hydrogens (tertiary/aromatic N) is 2. The van der Waals surface area contributed by atoms with E-state index in [9.17, 15) is 4.79 Å². The quantitative estimate of drug-likeness (QED) is 0.682. The SMILES string of the molecule is Cl.Cl.O=C(N[C@@H]1CCCNC1)c1ccc(OC2CCN(Cc3ccccn3)CC2)cc1. The number of aromatic nitrogens is 1. The number of amides is 1. The second kappa shape index (κ2) is 12.9. The van der Waals surface area contributed by atoms with Crippen LogP contribution < -0.4 is 15.4 Å². The smallest absolute Gasteiger partial charge is 0.251 e. The first-order valence-corrected chi connectivity index (χ1v) is 10.7. The fraction of sp³-hybridized carbons (Fsp3) is 0.478. The molecule has 1 aromatic heterocycles. The summed E-state index contributed by atoms with van der Waals surface area (Å²) in [6.45, 7) is 4.81. The Kier molecular flexibility index (Phi) is 10.5. The maximum absolute atomic E-state index is 12.4. The van der Waals surface area contributed by atoms with Gasteiger partial charge in [0.1, 0.15) is 11.9 Å². The van der Waals surface area contributed by atoms with Crippen LogP contribution in [0.5, 0.6) is 5.75 Å². The molecule has 4 rings (SSSR count). The summed E-state index contributed by atoms with van der Waals surface area (Å²) in [7, 11) is 0. The minimum Gasteiger partial charge on any atom is -0.490 e. The molecule has 1 amide bonds. The number of likely N-dealkylation sites (tertiary alicyclic amines) is 1. The molecule has 8 heteroatoms. The summed E-state index contributed by atoms with van der Waals surface area (Å²) in [6.07, 6.45) is 6.23. The lowest BCUT2D eigenvalue weighted by molar-refractivity contribution is 0.0929. The van der Waals surface area contributed by atoms with Gasteiger partial charge in [-0.15, -0.1) is 24.8 Å². The standard InChI is InChI=1S/C23H30N4O2.2ClH/c28-23(26-19-5-3-12-24-16-19)18-6-8-21(9-7-18)29-22-10-14-27(15-11-22)17-20-4-1-2-13-25-20;;/h1-2,4,6-9,13,19,22,24H,3,5,10-12,14-17H2,(H,26,28);2*1H/t19-;;/m1../s1. The minimum absolute atomic E-state index is 0. The zero-order valence-electron chi connectivity index (χ0n) is 17.7. The zero-order chi connectivity index (χ0) is 19.9. The highest BCUT2D eigenvalue weighted by Gasteiger charge is 2.21. The molecule has 0 saturated carbocycles. The third-order valence-electron chi connectivity index (χ3n) is 5.70. The highest BCUT2D eigenvalue weighted by molar-refractivity contribution is 5.94. The molecule has 1 aromatic carbocycles. The van der Waals surface area contributed by atoms with Gasteiger partial charge in [-0.2, -0.15) is 0 Å². The number of halogens is 2. The van der Waals surface area contributed by atoms with E-state index >= 15 is 0 Å². The largest absolute Gasteiger partial charge is 0.490 e. The fourth-order valence-corrected chi connectivity index (χ4v) is 4.03. The molecule has 2 fully saturated rings. The molecule has 170 valence electrons. The first kappa shape index (κ1) is 25.4. The van der Waals surface area contributed by atoms with Crippen LogP contribution in [0, 0.1) is 0 Å². The molecule has 1 atom stereocenters. The van der Waals surface area contributed by atoms with E-state index in [0.717, 1.165) is 69.9 Å². The molecule has 0 spiro atoms. The monoisotopic (exact) mass is 466 g/mol. The topological polar surface area (TPSA) is 66.5 Å². The summed E-state index contributed by atoms with van der Waals surface area (Å²) in [5.41, 5.74) is 1.80. The third-order valence-corrected chi connectivity index (χ3v) is 5.70. The number of pyridine rings is 1. The number of piperidine rings is 2. The van der Waals surface area contributed by atoms with E-state index in [0.29, 0.717) is 5.56 Å². The summed E-state index contributed by atoms with van der Waals surface area (Å²) in [6, 6.07) is 13.8. The summed E-state index contributed by atoms with van der Waals surface area (Å²) in [5.74, 6) is 0.831. The van der Waals surface area contributed by atoms with Gasteiger partial charge in [0.2, 0.25) is 0 Å². The Morgan fingerprint density at radius 3 is 2.52 bits per heavy atom. The Hall–Kier alpha value is -1.86. The Morgan fingerprint density at radius 2 is 1.87 bits per heavy atom. The van der Waals surface area contributed by atoms with E-state index in [1.807, 2.05) is 42.6 Å². The Bertz CT molecular complexity index is 778. The highest BCUT2D eigenvalue weighted by Crippen LogP contribution is 2.20. The molecule has 2 N–H and O–H groups in total. The lowest BCUT2D eigenvalue weighted by Gasteiger charge is -2.31. The molecule has 3 heterocycles. The molecule has 2 aromatic rings. The zero-order valence-corrected chi connectivity index (χ0v) is 19.3. The summed E-state index contributed by atoms with van der Waals surface area (Å²) < 4.78 is 6.15. The average molecular weight is 467 g/mol. The minimum atomic E-state index is -0.00641. The van der Waals surface area contributed by atoms with Crippen LogP contribution in [0.4, 0.5) is 0 Å². The van der Waals surface area contributed by atoms with Gasteiger partial charge in [0, 0.05) is 44.0 Å². The van der Waals surface area contributed by atoms with Gasteiger partial charge < -0.3 is 15.4 Å². The third kappa shape index (κ3) is 7.65. The van der Waals surface area contributed by atoms with Crippen molar-refractivity contribution in [3.8, 4) is 5.75 Å². The molecule has 6 nitrogen and oxygen atoms in total. The number of rotatable bonds is 6. The van der Waals surface area contributed by atoms with Gasteiger partial charge >= 0.3 is 0 Å². The first-order valence-electron chi connectivity index (χ1n) is 10.7. The maximum atomic E-state index is 12.4. The van der Waals surface area contributed by atoms with Crippen molar-refractivity contribution in [2.24, 2.45) is 0 Å². The predicted molar refractivity (Wildman–Crippen MR) is 127 cm³/mol. The number of carbonyl (C=O) groups excluding carboxylic acids is 1. The van der Waals surface area contributed by atoms with Crippen molar-refractivity contribution in [1.82, 2.24) is 20.5 Å². The van der Waals surface area contributed by atoms with Gasteiger partial charge in [0.05, 0.1) is 5.69 Å². The van der Waals surface area contributed by atoms with E-state index < -0.39 is 0 Å². The second-order valence-electron chi connectivity index (χ2n) is 7.96. The van der Waals surface area contributed by atoms with Gasteiger partial charge in [-0.05, 0) is 68.6 Å². The molecule has 2 aliphatic rings. The van der Waals surface area contributed by atoms with Crippen molar-refractivity contribution in [2.45, 2.75) is 44.4 Å². The van der Waals surface area contributed by atoms with Crippen LogP contribution in [-0.4, -0.2) is 54.1 Å². The van der Waals surface area contributed by atoms with Gasteiger partial charge in [0.25, 0.3) is 5.91 Å². The molecule has 0 aliphatic carbocycles. The highest BCUT2D eigenvalue weighted by atomic mass is 35.5. The number of ether oxygens (including phenoxy) is 1. The van der Waals surface area contributed by atoms with Crippen LogP contribution >= 0.6 is 24.8 Å². The normalized spacial score (nSPS) is 19.5. The first-order chi connectivity index (χ1) is 14.3. The van der Waals surface area contributed by atoms with Crippen LogP contribution in [0.1, 0.15) is 41.7 Å². The molecule has 0 bridgehead atoms. The van der Waals surface area contributed by atoms with Crippen molar-refractivity contribution in [3.05, 3.63) is 59.9 Å². The predicted octanol–water partition coefficient (Wildman–Crippen LogP) is 3.45. The molecule has 2 saturated heterocycles. The van der Waals surface area contributed by atoms with Gasteiger partial charge in [-0.3, -0.25) is 14.7 Å². The van der Waals surface area contributed by atoms with Crippen LogP contribution in [0.2, 0.25) is 0 Å². The Morgan fingerprint density at radius 1 is 1.10 bits per heavy atom. The summed E-state index contributed by atoms with van der Waals surface area (Å²) in [4.78, 5) is 19.2.